The summed E-state index contributed by atoms with van der Waals surface area (Å²) in [4.78, 5) is 33.1. The van der Waals surface area contributed by atoms with Gasteiger partial charge in [0.1, 0.15) is 13.2 Å². The zero-order valence-electron chi connectivity index (χ0n) is 29.0. The van der Waals surface area contributed by atoms with Gasteiger partial charge in [-0.05, 0) is 12.0 Å². The van der Waals surface area contributed by atoms with Crippen molar-refractivity contribution in [2.45, 2.75) is 129 Å². The molecular formula is C35H66N2O7P+. The molecule has 1 aromatic rings. The minimum atomic E-state index is -4.26. The SMILES string of the molecule is CCCCCCCCCCCCCCCCCCCCN(CC(O)=C=O)OCc1ccccc1.C[N+](C)(C)CCOP(=O)(O)O. The van der Waals surface area contributed by atoms with Crippen molar-refractivity contribution < 1.29 is 38.1 Å². The normalized spacial score (nSPS) is 11.7. The van der Waals surface area contributed by atoms with Crippen molar-refractivity contribution in [2.75, 3.05) is 47.4 Å². The van der Waals surface area contributed by atoms with Gasteiger partial charge in [0.15, 0.2) is 11.7 Å². The van der Waals surface area contributed by atoms with E-state index in [0.717, 1.165) is 18.4 Å². The van der Waals surface area contributed by atoms with Gasteiger partial charge in [-0.2, -0.15) is 5.06 Å². The van der Waals surface area contributed by atoms with Crippen LogP contribution in [0, 0.1) is 0 Å². The predicted octanol–water partition coefficient (Wildman–Crippen LogP) is 8.54. The van der Waals surface area contributed by atoms with Gasteiger partial charge in [-0.25, -0.2) is 9.36 Å². The molecule has 0 heterocycles. The highest BCUT2D eigenvalue weighted by atomic mass is 31.2. The van der Waals surface area contributed by atoms with Crippen LogP contribution in [0.5, 0.6) is 0 Å². The molecule has 262 valence electrons. The number of carbonyl (C=O) groups excluding carboxylic acids is 1. The van der Waals surface area contributed by atoms with E-state index in [1.54, 1.807) is 11.0 Å². The molecule has 3 N–H and O–H groups in total. The number of phosphoric ester groups is 1. The lowest BCUT2D eigenvalue weighted by atomic mass is 10.0. The van der Waals surface area contributed by atoms with Gasteiger partial charge >= 0.3 is 7.82 Å². The molecule has 0 radical (unpaired) electrons. The Bertz CT molecular complexity index is 899. The molecule has 0 saturated heterocycles. The van der Waals surface area contributed by atoms with Crippen molar-refractivity contribution in [3.05, 3.63) is 41.7 Å². The Balaban J connectivity index is 0.00000149. The Morgan fingerprint density at radius 3 is 1.62 bits per heavy atom. The van der Waals surface area contributed by atoms with E-state index < -0.39 is 7.82 Å². The molecular weight excluding hydrogens is 591 g/mol. The molecule has 0 fully saturated rings. The molecule has 10 heteroatoms. The highest BCUT2D eigenvalue weighted by molar-refractivity contribution is 7.46. The number of aliphatic hydroxyl groups excluding tert-OH is 1. The van der Waals surface area contributed by atoms with Gasteiger partial charge in [-0.1, -0.05) is 146 Å². The summed E-state index contributed by atoms with van der Waals surface area (Å²) >= 11 is 0. The second-order valence-corrected chi connectivity index (χ2v) is 14.3. The number of likely N-dealkylation sites (N-methyl/N-ethyl adjacent to an activating group) is 1. The first kappa shape index (κ1) is 43.5. The molecule has 0 bridgehead atoms. The monoisotopic (exact) mass is 657 g/mol. The Morgan fingerprint density at radius 1 is 0.778 bits per heavy atom. The minimum absolute atomic E-state index is 0.0772. The van der Waals surface area contributed by atoms with Crippen molar-refractivity contribution >= 4 is 13.8 Å². The molecule has 1 rings (SSSR count). The number of hydroxylamine groups is 2. The van der Waals surface area contributed by atoms with Crippen LogP contribution in [0.3, 0.4) is 0 Å². The fourth-order valence-electron chi connectivity index (χ4n) is 4.75. The number of hydrogen-bond donors (Lipinski definition) is 3. The topological polar surface area (TPSA) is 117 Å². The average Bonchev–Trinajstić information content (AvgIpc) is 2.98. The van der Waals surface area contributed by atoms with E-state index in [2.05, 4.69) is 11.4 Å². The zero-order chi connectivity index (χ0) is 33.7. The van der Waals surface area contributed by atoms with Crippen molar-refractivity contribution in [1.82, 2.24) is 5.06 Å². The minimum Gasteiger partial charge on any atom is -0.501 e. The number of hydrogen-bond acceptors (Lipinski definition) is 6. The number of rotatable bonds is 28. The Labute approximate surface area is 274 Å². The van der Waals surface area contributed by atoms with Gasteiger partial charge in [0.05, 0.1) is 34.3 Å². The third-order valence-electron chi connectivity index (χ3n) is 7.48. The Kier molecular flexibility index (Phi) is 27.7. The number of benzene rings is 1. The van der Waals surface area contributed by atoms with Gasteiger partial charge in [0.25, 0.3) is 0 Å². The number of unbranched alkanes of at least 4 members (excludes halogenated alkanes) is 17. The van der Waals surface area contributed by atoms with Crippen molar-refractivity contribution in [1.29, 1.82) is 0 Å². The van der Waals surface area contributed by atoms with Crippen molar-refractivity contribution in [3.8, 4) is 0 Å². The molecule has 0 aromatic heterocycles. The molecule has 0 saturated carbocycles. The first-order valence-corrected chi connectivity index (χ1v) is 18.8. The smallest absolute Gasteiger partial charge is 0.469 e. The van der Waals surface area contributed by atoms with Gasteiger partial charge < -0.3 is 19.4 Å². The van der Waals surface area contributed by atoms with Crippen LogP contribution < -0.4 is 0 Å². The van der Waals surface area contributed by atoms with Gasteiger partial charge in [0.2, 0.25) is 0 Å². The van der Waals surface area contributed by atoms with E-state index in [9.17, 15) is 14.5 Å². The number of phosphoric acid groups is 1. The second-order valence-electron chi connectivity index (χ2n) is 13.0. The fourth-order valence-corrected chi connectivity index (χ4v) is 5.07. The molecule has 9 nitrogen and oxygen atoms in total. The van der Waals surface area contributed by atoms with Crippen LogP contribution in [0.2, 0.25) is 0 Å². The molecule has 0 aliphatic carbocycles. The maximum atomic E-state index is 10.7. The van der Waals surface area contributed by atoms with E-state index >= 15 is 0 Å². The van der Waals surface area contributed by atoms with E-state index in [0.29, 0.717) is 24.2 Å². The van der Waals surface area contributed by atoms with Crippen molar-refractivity contribution in [3.63, 3.8) is 0 Å². The van der Waals surface area contributed by atoms with E-state index in [4.69, 9.17) is 14.6 Å². The lowest BCUT2D eigenvalue weighted by molar-refractivity contribution is -0.870. The largest absolute Gasteiger partial charge is 0.501 e. The summed E-state index contributed by atoms with van der Waals surface area (Å²) in [6.45, 7) is 4.17. The molecule has 1 aromatic carbocycles. The molecule has 0 aliphatic heterocycles. The van der Waals surface area contributed by atoms with Crippen LogP contribution in [0.25, 0.3) is 0 Å². The summed E-state index contributed by atoms with van der Waals surface area (Å²) in [5, 5.41) is 11.2. The second kappa shape index (κ2) is 28.7. The third-order valence-corrected chi connectivity index (χ3v) is 8.00. The van der Waals surface area contributed by atoms with Crippen LogP contribution in [0.15, 0.2) is 36.1 Å². The summed E-state index contributed by atoms with van der Waals surface area (Å²) in [6.07, 6.45) is 24.4. The molecule has 0 unspecified atom stereocenters. The van der Waals surface area contributed by atoms with Crippen LogP contribution in [-0.2, 0) is 25.3 Å². The highest BCUT2D eigenvalue weighted by Crippen LogP contribution is 2.35. The van der Waals surface area contributed by atoms with E-state index in [1.807, 2.05) is 51.5 Å². The van der Waals surface area contributed by atoms with Crippen LogP contribution >= 0.6 is 7.82 Å². The summed E-state index contributed by atoms with van der Waals surface area (Å²) in [5.41, 5.74) is 1.07. The molecule has 0 atom stereocenters. The first-order chi connectivity index (χ1) is 21.5. The standard InChI is InChI=1S/C30H51NO3.C5H14NO4P/c1-2-3-4-5-6-7-8-9-10-11-12-13-14-15-16-17-18-22-25-31(26-30(33)27-32)34-28-29-23-20-19-21-24-29;1-6(2,3)4-5-10-11(7,8)9/h19-21,23-24,33H,2-18,22,25-26,28H2,1H3;4-5H2,1-3H3,(H-,7,8,9)/p+1. The molecule has 0 spiro atoms. The van der Waals surface area contributed by atoms with Crippen LogP contribution in [-0.4, -0.2) is 77.8 Å². The van der Waals surface area contributed by atoms with E-state index in [-0.39, 0.29) is 18.9 Å². The quantitative estimate of drug-likeness (QED) is 0.0205. The summed E-state index contributed by atoms with van der Waals surface area (Å²) in [7, 11) is 1.50. The average molecular weight is 658 g/mol. The zero-order valence-corrected chi connectivity index (χ0v) is 29.9. The lowest BCUT2D eigenvalue weighted by Gasteiger charge is -2.23. The first-order valence-electron chi connectivity index (χ1n) is 17.3. The predicted molar refractivity (Wildman–Crippen MR) is 184 cm³/mol. The highest BCUT2D eigenvalue weighted by Gasteiger charge is 2.16. The maximum Gasteiger partial charge on any atom is 0.469 e. The van der Waals surface area contributed by atoms with E-state index in [1.165, 1.54) is 103 Å². The number of quaternary nitrogens is 1. The Hall–Kier alpha value is -1.54. The summed E-state index contributed by atoms with van der Waals surface area (Å²) in [5.74, 6) is 1.24. The van der Waals surface area contributed by atoms with Crippen molar-refractivity contribution in [2.24, 2.45) is 0 Å². The van der Waals surface area contributed by atoms with Gasteiger partial charge in [-0.3, -0.25) is 9.36 Å². The molecule has 45 heavy (non-hydrogen) atoms. The maximum absolute atomic E-state index is 10.7. The number of nitrogens with zero attached hydrogens (tertiary/aromatic N) is 2. The van der Waals surface area contributed by atoms with Crippen LogP contribution in [0.4, 0.5) is 0 Å². The fraction of sp³-hybridized carbons (Fsp3) is 0.771. The number of aliphatic hydroxyl groups is 1. The van der Waals surface area contributed by atoms with Gasteiger partial charge in [0, 0.05) is 6.54 Å². The van der Waals surface area contributed by atoms with Crippen LogP contribution in [0.1, 0.15) is 128 Å². The third kappa shape index (κ3) is 33.6. The summed E-state index contributed by atoms with van der Waals surface area (Å²) in [6, 6.07) is 9.93. The molecule has 0 aliphatic rings. The molecule has 0 amide bonds. The Morgan fingerprint density at radius 2 is 1.22 bits per heavy atom. The summed E-state index contributed by atoms with van der Waals surface area (Å²) < 4.78 is 15.1. The van der Waals surface area contributed by atoms with Gasteiger partial charge in [-0.15, -0.1) is 0 Å². The lowest BCUT2D eigenvalue weighted by Crippen LogP contribution is -2.37.